The molecule has 0 N–H and O–H groups in total. The summed E-state index contributed by atoms with van der Waals surface area (Å²) in [7, 11) is 0. The van der Waals surface area contributed by atoms with E-state index in [0.29, 0.717) is 0 Å². The van der Waals surface area contributed by atoms with Crippen LogP contribution in [-0.2, 0) is 44.3 Å². The van der Waals surface area contributed by atoms with E-state index in [9.17, 15) is 5.26 Å². The van der Waals surface area contributed by atoms with E-state index >= 15 is 0 Å². The van der Waals surface area contributed by atoms with E-state index in [4.69, 9.17) is 23.3 Å². The molecule has 0 unspecified atom stereocenters. The van der Waals surface area contributed by atoms with Gasteiger partial charge in [-0.25, -0.2) is 5.26 Å². The molecule has 0 saturated heterocycles. The van der Waals surface area contributed by atoms with Gasteiger partial charge >= 0.3 is 56.5 Å². The van der Waals surface area contributed by atoms with E-state index in [-0.39, 0.29) is 21.1 Å². The Morgan fingerprint density at radius 2 is 0.656 bits per heavy atom. The number of nitrogens with zero attached hydrogens (tertiary/aromatic N) is 1. The number of nitriles is 1. The molecule has 0 bridgehead atoms. The molecule has 0 aliphatic rings. The van der Waals surface area contributed by atoms with Gasteiger partial charge in [-0.1, -0.05) is 91.0 Å². The summed E-state index contributed by atoms with van der Waals surface area (Å²) < 4.78 is 37.5. The van der Waals surface area contributed by atoms with Crippen LogP contribution in [0.2, 0.25) is 0 Å². The molecule has 0 amide bonds. The summed E-state index contributed by atoms with van der Waals surface area (Å²) in [5.74, 6) is 2.63. The molecular formula is C24H15BMoNO5-. The van der Waals surface area contributed by atoms with Gasteiger partial charge in [-0.3, -0.25) is 0 Å². The van der Waals surface area contributed by atoms with Crippen molar-refractivity contribution in [3.8, 4) is 5.97 Å². The Morgan fingerprint density at radius 1 is 0.469 bits per heavy atom. The minimum Gasteiger partial charge on any atom is 0 e. The Labute approximate surface area is 202 Å². The van der Waals surface area contributed by atoms with Crippen molar-refractivity contribution in [2.24, 2.45) is 0 Å². The van der Waals surface area contributed by atoms with Crippen LogP contribution in [0.5, 0.6) is 0 Å². The van der Waals surface area contributed by atoms with Gasteiger partial charge in [-0.05, 0) is 0 Å². The zero-order valence-corrected chi connectivity index (χ0v) is 18.6. The third-order valence-corrected chi connectivity index (χ3v) is 4.09. The number of hydrogen-bond acceptors (Lipinski definition) is 1. The first-order valence-electron chi connectivity index (χ1n) is 8.13. The van der Waals surface area contributed by atoms with Gasteiger partial charge in [0.1, 0.15) is 0 Å². The zero-order chi connectivity index (χ0) is 24.5. The summed E-state index contributed by atoms with van der Waals surface area (Å²) in [5.41, 5.74) is 3.16. The van der Waals surface area contributed by atoms with Crippen molar-refractivity contribution in [2.75, 3.05) is 0 Å². The largest absolute Gasteiger partial charge is 0 e. The minimum atomic E-state index is -1.59. The summed E-state index contributed by atoms with van der Waals surface area (Å²) in [5, 5.41) is 10.1. The maximum atomic E-state index is 10.1. The molecule has 0 atom stereocenters. The molecule has 0 aromatic heterocycles. The molecule has 32 heavy (non-hydrogen) atoms. The summed E-state index contributed by atoms with van der Waals surface area (Å²) in [6.07, 6.45) is -1.59. The quantitative estimate of drug-likeness (QED) is 0.303. The van der Waals surface area contributed by atoms with E-state index in [0.717, 1.165) is 16.4 Å². The fraction of sp³-hybridized carbons (Fsp3) is 0. The Hall–Kier alpha value is -3.40. The van der Waals surface area contributed by atoms with Gasteiger partial charge in [0.15, 0.2) is 6.15 Å². The first kappa shape index (κ1) is 36.0. The summed E-state index contributed by atoms with van der Waals surface area (Å²) >= 11 is 0. The maximum absolute atomic E-state index is 10.1. The second kappa shape index (κ2) is 25.6. The van der Waals surface area contributed by atoms with Crippen LogP contribution in [0.3, 0.4) is 0 Å². The van der Waals surface area contributed by atoms with Crippen molar-refractivity contribution in [3.63, 3.8) is 0 Å². The average molecular weight is 504 g/mol. The molecule has 0 spiro atoms. The van der Waals surface area contributed by atoms with Crippen molar-refractivity contribution in [2.45, 2.75) is 0 Å². The molecule has 0 fully saturated rings. The van der Waals surface area contributed by atoms with E-state index in [2.05, 4.69) is 39.2 Å². The predicted octanol–water partition coefficient (Wildman–Crippen LogP) is 2.03. The van der Waals surface area contributed by atoms with Crippen molar-refractivity contribution in [1.82, 2.24) is 0 Å². The van der Waals surface area contributed by atoms with Gasteiger partial charge in [0.2, 0.25) is 0 Å². The van der Waals surface area contributed by atoms with E-state index < -0.39 is 6.15 Å². The van der Waals surface area contributed by atoms with Gasteiger partial charge < -0.3 is 0 Å². The zero-order valence-electron chi connectivity index (χ0n) is 16.6. The molecule has 3 rings (SSSR count). The van der Waals surface area contributed by atoms with Gasteiger partial charge in [-0.15, -0.1) is 5.97 Å². The third kappa shape index (κ3) is 10.1. The van der Waals surface area contributed by atoms with Crippen molar-refractivity contribution >= 4 is 22.5 Å². The third-order valence-electron chi connectivity index (χ3n) is 4.09. The summed E-state index contributed by atoms with van der Waals surface area (Å²) in [6, 6.07) is 30.2. The van der Waals surface area contributed by atoms with Gasteiger partial charge in [0.25, 0.3) is 0 Å². The first-order chi connectivity index (χ1) is 15.4. The van der Waals surface area contributed by atoms with Crippen LogP contribution < -0.4 is 16.4 Å². The fourth-order valence-electron chi connectivity index (χ4n) is 3.03. The van der Waals surface area contributed by atoms with Crippen LogP contribution in [0, 0.1) is 44.5 Å². The second-order valence-corrected chi connectivity index (χ2v) is 5.23. The SMILES string of the molecule is N#C[B-](c1ccccc1)(c1ccccc1)c1ccccc1.[C-]#[O+].[C-]#[O+].[C-]#[O+].[C-]#[O+].[C-]#[O+].[Mo]. The molecular weight excluding hydrogens is 489 g/mol. The number of hydrogen-bond donors (Lipinski definition) is 0. The Balaban J connectivity index is -0.000000316. The monoisotopic (exact) mass is 506 g/mol. The summed E-state index contributed by atoms with van der Waals surface area (Å²) in [6.45, 7) is 22.5. The molecule has 0 saturated carbocycles. The van der Waals surface area contributed by atoms with Gasteiger partial charge in [0.05, 0.1) is 0 Å². The van der Waals surface area contributed by atoms with Crippen LogP contribution in [0.4, 0.5) is 0 Å². The van der Waals surface area contributed by atoms with Crippen LogP contribution in [0.15, 0.2) is 91.0 Å². The van der Waals surface area contributed by atoms with Gasteiger partial charge in [-0.2, -0.15) is 16.4 Å². The Kier molecular flexibility index (Phi) is 28.8. The van der Waals surface area contributed by atoms with Crippen LogP contribution >= 0.6 is 0 Å². The normalized spacial score (nSPS) is 7.41. The van der Waals surface area contributed by atoms with E-state index in [1.54, 1.807) is 0 Å². The van der Waals surface area contributed by atoms with Crippen molar-refractivity contribution < 1.29 is 44.3 Å². The van der Waals surface area contributed by atoms with Gasteiger partial charge in [0, 0.05) is 21.1 Å². The molecule has 0 aliphatic heterocycles. The molecule has 8 heteroatoms. The molecule has 0 aliphatic carbocycles. The standard InChI is InChI=1S/C19H15BN.5CO.Mo/c21-16-20(17-10-4-1-5-11-17,18-12-6-2-7-13-18)19-14-8-3-9-15-19;5*1-2;/h1-15H;;;;;;/q-1;;;;;;. The molecule has 0 radical (unpaired) electrons. The van der Waals surface area contributed by atoms with Crippen LogP contribution in [0.1, 0.15) is 0 Å². The van der Waals surface area contributed by atoms with E-state index in [1.807, 2.05) is 91.0 Å². The van der Waals surface area contributed by atoms with Crippen molar-refractivity contribution in [3.05, 3.63) is 124 Å². The molecule has 156 valence electrons. The molecule has 0 heterocycles. The average Bonchev–Trinajstić information content (AvgIpc) is 2.93. The predicted molar refractivity (Wildman–Crippen MR) is 109 cm³/mol. The Bertz CT molecular complexity index is 848. The maximum Gasteiger partial charge on any atom is 0 e. The molecule has 3 aromatic rings. The van der Waals surface area contributed by atoms with Crippen LogP contribution in [0.25, 0.3) is 0 Å². The minimum absolute atomic E-state index is 0. The topological polar surface area (TPSA) is 123 Å². The Morgan fingerprint density at radius 3 is 0.812 bits per heavy atom. The number of benzene rings is 3. The van der Waals surface area contributed by atoms with Crippen molar-refractivity contribution in [1.29, 1.82) is 5.26 Å². The molecule has 3 aromatic carbocycles. The summed E-state index contributed by atoms with van der Waals surface area (Å²) in [4.78, 5) is 0. The van der Waals surface area contributed by atoms with Crippen LogP contribution in [-0.4, -0.2) is 6.15 Å². The van der Waals surface area contributed by atoms with E-state index in [1.165, 1.54) is 0 Å². The number of rotatable bonds is 3. The fourth-order valence-corrected chi connectivity index (χ4v) is 3.03. The first-order valence-corrected chi connectivity index (χ1v) is 8.13. The smallest absolute Gasteiger partial charge is 0 e. The molecule has 6 nitrogen and oxygen atoms in total. The second-order valence-electron chi connectivity index (χ2n) is 5.23.